The molecule has 2 rings (SSSR count). The van der Waals surface area contributed by atoms with Gasteiger partial charge in [-0.2, -0.15) is 0 Å². The van der Waals surface area contributed by atoms with Crippen molar-refractivity contribution in [1.82, 2.24) is 5.32 Å². The van der Waals surface area contributed by atoms with E-state index in [1.165, 1.54) is 16.7 Å². The smallest absolute Gasteiger partial charge is 0.221 e. The van der Waals surface area contributed by atoms with Gasteiger partial charge in [-0.25, -0.2) is 0 Å². The second-order valence-corrected chi connectivity index (χ2v) is 7.31. The highest BCUT2D eigenvalue weighted by Gasteiger charge is 2.12. The molecule has 23 heavy (non-hydrogen) atoms. The first-order chi connectivity index (χ1) is 11.0. The maximum absolute atomic E-state index is 12.1. The predicted molar refractivity (Wildman–Crippen MR) is 99.3 cm³/mol. The van der Waals surface area contributed by atoms with Crippen molar-refractivity contribution < 1.29 is 4.79 Å². The molecule has 0 saturated carbocycles. The molecule has 2 aromatic carbocycles. The van der Waals surface area contributed by atoms with Gasteiger partial charge in [-0.3, -0.25) is 4.79 Å². The van der Waals surface area contributed by atoms with Crippen molar-refractivity contribution in [1.29, 1.82) is 0 Å². The molecule has 0 spiro atoms. The van der Waals surface area contributed by atoms with Crippen molar-refractivity contribution in [3.8, 4) is 0 Å². The lowest BCUT2D eigenvalue weighted by Crippen LogP contribution is -2.27. The Kier molecular flexibility index (Phi) is 6.55. The number of benzene rings is 2. The first-order valence-corrected chi connectivity index (χ1v) is 9.07. The highest BCUT2D eigenvalue weighted by atomic mass is 35.5. The van der Waals surface area contributed by atoms with Crippen LogP contribution >= 0.6 is 23.4 Å². The first-order valence-electron chi connectivity index (χ1n) is 7.70. The van der Waals surface area contributed by atoms with Gasteiger partial charge in [-0.05, 0) is 56.2 Å². The number of aryl methyl sites for hydroxylation is 2. The second-order valence-electron chi connectivity index (χ2n) is 5.70. The van der Waals surface area contributed by atoms with Gasteiger partial charge in [0.05, 0.1) is 6.04 Å². The van der Waals surface area contributed by atoms with E-state index in [4.69, 9.17) is 11.6 Å². The third-order valence-corrected chi connectivity index (χ3v) is 4.96. The summed E-state index contributed by atoms with van der Waals surface area (Å²) in [6, 6.07) is 14.1. The van der Waals surface area contributed by atoms with Gasteiger partial charge in [-0.15, -0.1) is 11.8 Å². The molecule has 1 unspecified atom stereocenters. The fraction of sp³-hybridized carbons (Fsp3) is 0.316. The number of halogens is 1. The molecule has 2 aromatic rings. The van der Waals surface area contributed by atoms with Crippen LogP contribution in [0.1, 0.15) is 36.1 Å². The van der Waals surface area contributed by atoms with Crippen LogP contribution in [0.4, 0.5) is 0 Å². The molecule has 1 N–H and O–H groups in total. The number of amides is 1. The van der Waals surface area contributed by atoms with Crippen LogP contribution < -0.4 is 5.32 Å². The number of hydrogen-bond acceptors (Lipinski definition) is 2. The van der Waals surface area contributed by atoms with Crippen LogP contribution in [0.15, 0.2) is 47.4 Å². The molecule has 1 amide bonds. The number of carbonyl (C=O) groups excluding carboxylic acids is 1. The van der Waals surface area contributed by atoms with E-state index >= 15 is 0 Å². The lowest BCUT2D eigenvalue weighted by atomic mass is 10.00. The first kappa shape index (κ1) is 17.9. The minimum Gasteiger partial charge on any atom is -0.350 e. The summed E-state index contributed by atoms with van der Waals surface area (Å²) < 4.78 is 0. The highest BCUT2D eigenvalue weighted by molar-refractivity contribution is 7.99. The third-order valence-electron chi connectivity index (χ3n) is 3.69. The van der Waals surface area contributed by atoms with Crippen LogP contribution in [0, 0.1) is 13.8 Å². The van der Waals surface area contributed by atoms with E-state index in [-0.39, 0.29) is 11.9 Å². The van der Waals surface area contributed by atoms with Crippen LogP contribution in [-0.4, -0.2) is 11.7 Å². The molecule has 0 aromatic heterocycles. The standard InChI is InChI=1S/C19H22ClNOS/c1-13-4-5-14(2)18(12-13)15(3)21-19(22)10-11-23-17-8-6-16(20)7-9-17/h4-9,12,15H,10-11H2,1-3H3,(H,21,22). The fourth-order valence-electron chi connectivity index (χ4n) is 2.41. The van der Waals surface area contributed by atoms with Crippen molar-refractivity contribution in [2.24, 2.45) is 0 Å². The average Bonchev–Trinajstić information content (AvgIpc) is 2.51. The topological polar surface area (TPSA) is 29.1 Å². The average molecular weight is 348 g/mol. The molecule has 2 nitrogen and oxygen atoms in total. The normalized spacial score (nSPS) is 12.0. The van der Waals surface area contributed by atoms with Crippen molar-refractivity contribution in [3.05, 3.63) is 64.2 Å². The van der Waals surface area contributed by atoms with Crippen LogP contribution in [0.25, 0.3) is 0 Å². The molecule has 0 aliphatic heterocycles. The van der Waals surface area contributed by atoms with Crippen molar-refractivity contribution >= 4 is 29.3 Å². The minimum atomic E-state index is 0.0305. The van der Waals surface area contributed by atoms with Gasteiger partial charge >= 0.3 is 0 Å². The summed E-state index contributed by atoms with van der Waals surface area (Å²) in [6.07, 6.45) is 0.502. The Morgan fingerprint density at radius 3 is 2.57 bits per heavy atom. The van der Waals surface area contributed by atoms with E-state index in [2.05, 4.69) is 37.4 Å². The molecule has 122 valence electrons. The Morgan fingerprint density at radius 1 is 1.17 bits per heavy atom. The van der Waals surface area contributed by atoms with Gasteiger partial charge in [0, 0.05) is 22.1 Å². The Balaban J connectivity index is 1.82. The van der Waals surface area contributed by atoms with E-state index in [0.29, 0.717) is 6.42 Å². The zero-order chi connectivity index (χ0) is 16.8. The minimum absolute atomic E-state index is 0.0305. The summed E-state index contributed by atoms with van der Waals surface area (Å²) in [7, 11) is 0. The van der Waals surface area contributed by atoms with Gasteiger partial charge in [0.1, 0.15) is 0 Å². The molecule has 4 heteroatoms. The lowest BCUT2D eigenvalue weighted by molar-refractivity contribution is -0.121. The van der Waals surface area contributed by atoms with Crippen LogP contribution in [0.2, 0.25) is 5.02 Å². The molecule has 0 radical (unpaired) electrons. The fourth-order valence-corrected chi connectivity index (χ4v) is 3.39. The Labute approximate surface area is 147 Å². The SMILES string of the molecule is Cc1ccc(C)c(C(C)NC(=O)CCSc2ccc(Cl)cc2)c1. The van der Waals surface area contributed by atoms with Gasteiger partial charge in [0.15, 0.2) is 0 Å². The van der Waals surface area contributed by atoms with E-state index in [0.717, 1.165) is 15.7 Å². The molecule has 0 saturated heterocycles. The predicted octanol–water partition coefficient (Wildman–Crippen LogP) is 5.32. The van der Waals surface area contributed by atoms with E-state index in [1.54, 1.807) is 11.8 Å². The zero-order valence-corrected chi connectivity index (χ0v) is 15.3. The molecule has 0 fully saturated rings. The van der Waals surface area contributed by atoms with Crippen LogP contribution in [0.5, 0.6) is 0 Å². The summed E-state index contributed by atoms with van der Waals surface area (Å²) in [6.45, 7) is 6.18. The highest BCUT2D eigenvalue weighted by Crippen LogP contribution is 2.22. The number of thioether (sulfide) groups is 1. The second kappa shape index (κ2) is 8.42. The Bertz CT molecular complexity index is 670. The summed E-state index contributed by atoms with van der Waals surface area (Å²) in [5, 5.41) is 3.82. The maximum Gasteiger partial charge on any atom is 0.221 e. The number of carbonyl (C=O) groups is 1. The Hall–Kier alpha value is -1.45. The number of rotatable bonds is 6. The van der Waals surface area contributed by atoms with Crippen LogP contribution in [-0.2, 0) is 4.79 Å². The van der Waals surface area contributed by atoms with Crippen molar-refractivity contribution in [2.75, 3.05) is 5.75 Å². The molecular weight excluding hydrogens is 326 g/mol. The molecular formula is C19H22ClNOS. The Morgan fingerprint density at radius 2 is 1.87 bits per heavy atom. The molecule has 0 aliphatic rings. The maximum atomic E-state index is 12.1. The van der Waals surface area contributed by atoms with E-state index in [9.17, 15) is 4.79 Å². The van der Waals surface area contributed by atoms with Crippen LogP contribution in [0.3, 0.4) is 0 Å². The van der Waals surface area contributed by atoms with Crippen molar-refractivity contribution in [2.45, 2.75) is 38.1 Å². The lowest BCUT2D eigenvalue weighted by Gasteiger charge is -2.17. The van der Waals surface area contributed by atoms with Gasteiger partial charge < -0.3 is 5.32 Å². The number of hydrogen-bond donors (Lipinski definition) is 1. The quantitative estimate of drug-likeness (QED) is 0.717. The molecule has 1 atom stereocenters. The summed E-state index contributed by atoms with van der Waals surface area (Å²) in [5.41, 5.74) is 3.60. The van der Waals surface area contributed by atoms with Gasteiger partial charge in [-0.1, -0.05) is 35.4 Å². The molecule has 0 bridgehead atoms. The molecule has 0 heterocycles. The van der Waals surface area contributed by atoms with Gasteiger partial charge in [0.25, 0.3) is 0 Å². The third kappa shape index (κ3) is 5.60. The summed E-state index contributed by atoms with van der Waals surface area (Å²) >= 11 is 7.53. The molecule has 0 aliphatic carbocycles. The largest absolute Gasteiger partial charge is 0.350 e. The van der Waals surface area contributed by atoms with E-state index in [1.807, 2.05) is 31.2 Å². The zero-order valence-electron chi connectivity index (χ0n) is 13.7. The van der Waals surface area contributed by atoms with Crippen molar-refractivity contribution in [3.63, 3.8) is 0 Å². The van der Waals surface area contributed by atoms with E-state index < -0.39 is 0 Å². The summed E-state index contributed by atoms with van der Waals surface area (Å²) in [5.74, 6) is 0.840. The number of nitrogens with one attached hydrogen (secondary N) is 1. The summed E-state index contributed by atoms with van der Waals surface area (Å²) in [4.78, 5) is 13.3. The monoisotopic (exact) mass is 347 g/mol. The van der Waals surface area contributed by atoms with Gasteiger partial charge in [0.2, 0.25) is 5.91 Å².